The van der Waals surface area contributed by atoms with E-state index in [0.29, 0.717) is 13.0 Å². The summed E-state index contributed by atoms with van der Waals surface area (Å²) in [5.41, 5.74) is 6.92. The molecular weight excluding hydrogens is 353 g/mol. The van der Waals surface area contributed by atoms with Gasteiger partial charge in [-0.15, -0.1) is 11.8 Å². The quantitative estimate of drug-likeness (QED) is 0.588. The highest BCUT2D eigenvalue weighted by molar-refractivity contribution is 8.00. The first-order valence-corrected chi connectivity index (χ1v) is 9.23. The van der Waals surface area contributed by atoms with E-state index in [4.69, 9.17) is 5.73 Å². The number of thioether (sulfide) groups is 1. The summed E-state index contributed by atoms with van der Waals surface area (Å²) in [7, 11) is 0. The molecule has 0 aliphatic heterocycles. The van der Waals surface area contributed by atoms with Gasteiger partial charge in [0.2, 0.25) is 11.8 Å². The molecule has 0 aromatic heterocycles. The van der Waals surface area contributed by atoms with E-state index in [2.05, 4.69) is 10.6 Å². The summed E-state index contributed by atoms with van der Waals surface area (Å²) >= 11 is 1.33. The lowest BCUT2D eigenvalue weighted by Crippen LogP contribution is -2.38. The fourth-order valence-electron chi connectivity index (χ4n) is 2.29. The Balaban J connectivity index is 1.84. The van der Waals surface area contributed by atoms with Crippen LogP contribution in [0.2, 0.25) is 0 Å². The van der Waals surface area contributed by atoms with Gasteiger partial charge in [-0.05, 0) is 43.2 Å². The van der Waals surface area contributed by atoms with Crippen molar-refractivity contribution >= 4 is 29.3 Å². The van der Waals surface area contributed by atoms with Gasteiger partial charge in [0.1, 0.15) is 11.9 Å². The smallest absolute Gasteiger partial charge is 0.242 e. The standard InChI is InChI=1S/C19H22FN3O2S/c1-13(19(25)22-11-10-14-6-8-15(20)9-7-14)23-16-4-2-3-5-17(16)26-12-18(21)24/h2-9,13,23H,10-12H2,1H3,(H2,21,24)(H,22,25)/t13-/m1/s1. The first-order chi connectivity index (χ1) is 12.5. The zero-order valence-electron chi connectivity index (χ0n) is 14.5. The summed E-state index contributed by atoms with van der Waals surface area (Å²) < 4.78 is 12.9. The summed E-state index contributed by atoms with van der Waals surface area (Å²) in [6.45, 7) is 2.23. The van der Waals surface area contributed by atoms with Crippen LogP contribution in [0.3, 0.4) is 0 Å². The zero-order valence-corrected chi connectivity index (χ0v) is 15.3. The van der Waals surface area contributed by atoms with E-state index < -0.39 is 11.9 Å². The Morgan fingerprint density at radius 1 is 1.15 bits per heavy atom. The number of carbonyl (C=O) groups is 2. The Kier molecular flexibility index (Phi) is 7.47. The second kappa shape index (κ2) is 9.82. The normalized spacial score (nSPS) is 11.6. The fourth-order valence-corrected chi connectivity index (χ4v) is 3.05. The minimum atomic E-state index is -0.446. The lowest BCUT2D eigenvalue weighted by atomic mass is 10.1. The van der Waals surface area contributed by atoms with Crippen molar-refractivity contribution in [2.24, 2.45) is 5.73 Å². The highest BCUT2D eigenvalue weighted by Gasteiger charge is 2.14. The molecule has 26 heavy (non-hydrogen) atoms. The molecule has 2 aromatic rings. The molecule has 2 aromatic carbocycles. The van der Waals surface area contributed by atoms with Crippen molar-refractivity contribution in [1.82, 2.24) is 5.32 Å². The van der Waals surface area contributed by atoms with E-state index in [1.54, 1.807) is 19.1 Å². The van der Waals surface area contributed by atoms with Crippen molar-refractivity contribution in [2.75, 3.05) is 17.6 Å². The number of carbonyl (C=O) groups excluding carboxylic acids is 2. The maximum absolute atomic E-state index is 12.9. The molecule has 138 valence electrons. The number of benzene rings is 2. The molecule has 0 saturated heterocycles. The van der Waals surface area contributed by atoms with Gasteiger partial charge in [-0.25, -0.2) is 4.39 Å². The van der Waals surface area contributed by atoms with Crippen molar-refractivity contribution in [3.63, 3.8) is 0 Å². The molecule has 0 aliphatic rings. The van der Waals surface area contributed by atoms with Crippen LogP contribution < -0.4 is 16.4 Å². The van der Waals surface area contributed by atoms with Crippen LogP contribution in [0.25, 0.3) is 0 Å². The van der Waals surface area contributed by atoms with Crippen LogP contribution in [0.1, 0.15) is 12.5 Å². The molecule has 5 nitrogen and oxygen atoms in total. The first kappa shape index (κ1) is 19.8. The second-order valence-electron chi connectivity index (χ2n) is 5.78. The molecule has 7 heteroatoms. The Hall–Kier alpha value is -2.54. The number of primary amides is 1. The largest absolute Gasteiger partial charge is 0.373 e. The van der Waals surface area contributed by atoms with Crippen molar-refractivity contribution < 1.29 is 14.0 Å². The monoisotopic (exact) mass is 375 g/mol. The van der Waals surface area contributed by atoms with Gasteiger partial charge in [0.15, 0.2) is 0 Å². The zero-order chi connectivity index (χ0) is 18.9. The average molecular weight is 375 g/mol. The maximum atomic E-state index is 12.9. The first-order valence-electron chi connectivity index (χ1n) is 8.24. The van der Waals surface area contributed by atoms with Gasteiger partial charge in [0.25, 0.3) is 0 Å². The van der Waals surface area contributed by atoms with Gasteiger partial charge in [0, 0.05) is 17.1 Å². The van der Waals surface area contributed by atoms with E-state index in [1.807, 2.05) is 24.3 Å². The highest BCUT2D eigenvalue weighted by Crippen LogP contribution is 2.27. The molecular formula is C19H22FN3O2S. The van der Waals surface area contributed by atoms with Crippen LogP contribution in [-0.4, -0.2) is 30.2 Å². The summed E-state index contributed by atoms with van der Waals surface area (Å²) in [5.74, 6) is -0.626. The third kappa shape index (κ3) is 6.40. The van der Waals surface area contributed by atoms with Crippen LogP contribution >= 0.6 is 11.8 Å². The predicted octanol–water partition coefficient (Wildman–Crippen LogP) is 2.56. The maximum Gasteiger partial charge on any atom is 0.242 e. The number of amides is 2. The minimum Gasteiger partial charge on any atom is -0.373 e. The summed E-state index contributed by atoms with van der Waals surface area (Å²) in [4.78, 5) is 24.1. The molecule has 0 unspecified atom stereocenters. The third-order valence-electron chi connectivity index (χ3n) is 3.65. The average Bonchev–Trinajstić information content (AvgIpc) is 2.62. The number of nitrogens with one attached hydrogen (secondary N) is 2. The van der Waals surface area contributed by atoms with Crippen molar-refractivity contribution in [3.8, 4) is 0 Å². The van der Waals surface area contributed by atoms with Gasteiger partial charge in [0.05, 0.1) is 5.75 Å². The van der Waals surface area contributed by atoms with Crippen LogP contribution in [-0.2, 0) is 16.0 Å². The van der Waals surface area contributed by atoms with Gasteiger partial charge in [-0.3, -0.25) is 9.59 Å². The number of para-hydroxylation sites is 1. The number of anilines is 1. The van der Waals surface area contributed by atoms with Gasteiger partial charge in [-0.1, -0.05) is 24.3 Å². The summed E-state index contributed by atoms with van der Waals surface area (Å²) in [6.07, 6.45) is 0.629. The Labute approximate surface area is 156 Å². The number of rotatable bonds is 9. The molecule has 0 saturated carbocycles. The molecule has 2 rings (SSSR count). The van der Waals surface area contributed by atoms with Crippen LogP contribution in [0.15, 0.2) is 53.4 Å². The molecule has 0 fully saturated rings. The van der Waals surface area contributed by atoms with Gasteiger partial charge >= 0.3 is 0 Å². The Morgan fingerprint density at radius 2 is 1.85 bits per heavy atom. The molecule has 0 bridgehead atoms. The SMILES string of the molecule is C[C@@H](Nc1ccccc1SCC(N)=O)C(=O)NCCc1ccc(F)cc1. The number of hydrogen-bond acceptors (Lipinski definition) is 4. The van der Waals surface area contributed by atoms with Crippen molar-refractivity contribution in [1.29, 1.82) is 0 Å². The van der Waals surface area contributed by atoms with Crippen molar-refractivity contribution in [2.45, 2.75) is 24.3 Å². The molecule has 0 radical (unpaired) electrons. The highest BCUT2D eigenvalue weighted by atomic mass is 32.2. The summed E-state index contributed by atoms with van der Waals surface area (Å²) in [5, 5.41) is 6.01. The number of hydrogen-bond donors (Lipinski definition) is 3. The van der Waals surface area contributed by atoms with Gasteiger partial charge < -0.3 is 16.4 Å². The van der Waals surface area contributed by atoms with Crippen LogP contribution in [0.4, 0.5) is 10.1 Å². The molecule has 2 amide bonds. The lowest BCUT2D eigenvalue weighted by molar-refractivity contribution is -0.121. The summed E-state index contributed by atoms with van der Waals surface area (Å²) in [6, 6.07) is 13.2. The Morgan fingerprint density at radius 3 is 2.54 bits per heavy atom. The van der Waals surface area contributed by atoms with Crippen LogP contribution in [0.5, 0.6) is 0 Å². The van der Waals surface area contributed by atoms with Crippen molar-refractivity contribution in [3.05, 3.63) is 59.9 Å². The molecule has 1 atom stereocenters. The molecule has 4 N–H and O–H groups in total. The third-order valence-corrected chi connectivity index (χ3v) is 4.74. The van der Waals surface area contributed by atoms with Gasteiger partial charge in [-0.2, -0.15) is 0 Å². The number of nitrogens with two attached hydrogens (primary N) is 1. The van der Waals surface area contributed by atoms with E-state index in [-0.39, 0.29) is 17.5 Å². The van der Waals surface area contributed by atoms with E-state index >= 15 is 0 Å². The topological polar surface area (TPSA) is 84.2 Å². The minimum absolute atomic E-state index is 0.137. The number of halogens is 1. The fraction of sp³-hybridized carbons (Fsp3) is 0.263. The van der Waals surface area contributed by atoms with Crippen LogP contribution in [0, 0.1) is 5.82 Å². The van der Waals surface area contributed by atoms with E-state index in [0.717, 1.165) is 16.1 Å². The second-order valence-corrected chi connectivity index (χ2v) is 6.80. The Bertz CT molecular complexity index is 753. The molecule has 0 spiro atoms. The van der Waals surface area contributed by atoms with E-state index in [1.165, 1.54) is 23.9 Å². The predicted molar refractivity (Wildman–Crippen MR) is 103 cm³/mol. The molecule has 0 heterocycles. The lowest BCUT2D eigenvalue weighted by Gasteiger charge is -2.17. The van der Waals surface area contributed by atoms with E-state index in [9.17, 15) is 14.0 Å². The molecule has 0 aliphatic carbocycles.